The molecule has 0 spiro atoms. The zero-order valence-corrected chi connectivity index (χ0v) is 10.3. The molecule has 1 atom stereocenters. The Balaban J connectivity index is 2.00. The monoisotopic (exact) mass is 252 g/mol. The number of hydrogen-bond acceptors (Lipinski definition) is 3. The molecule has 1 aromatic carbocycles. The van der Waals surface area contributed by atoms with E-state index in [-0.39, 0.29) is 11.5 Å². The van der Waals surface area contributed by atoms with Crippen LogP contribution in [0.15, 0.2) is 18.2 Å². The lowest BCUT2D eigenvalue weighted by Crippen LogP contribution is -2.37. The molecule has 1 aromatic rings. The van der Waals surface area contributed by atoms with E-state index in [1.165, 1.54) is 25.3 Å². The first kappa shape index (κ1) is 12.8. The van der Waals surface area contributed by atoms with Gasteiger partial charge in [0.15, 0.2) is 0 Å². The van der Waals surface area contributed by atoms with Crippen LogP contribution in [0.2, 0.25) is 0 Å². The van der Waals surface area contributed by atoms with Crippen molar-refractivity contribution in [1.29, 1.82) is 0 Å². The number of hydrogen-bond donors (Lipinski definition) is 2. The molecule has 5 heteroatoms. The van der Waals surface area contributed by atoms with Crippen molar-refractivity contribution < 1.29 is 13.9 Å². The molecule has 1 heterocycles. The number of ether oxygens (including phenoxy) is 1. The number of rotatable bonds is 4. The average molecular weight is 252 g/mol. The van der Waals surface area contributed by atoms with Gasteiger partial charge in [0, 0.05) is 12.6 Å². The molecule has 4 nitrogen and oxygen atoms in total. The van der Waals surface area contributed by atoms with Crippen LogP contribution in [0.3, 0.4) is 0 Å². The summed E-state index contributed by atoms with van der Waals surface area (Å²) in [5.74, 6) is -0.367. The van der Waals surface area contributed by atoms with Gasteiger partial charge in [0.25, 0.3) is 5.91 Å². The number of nitrogens with one attached hydrogen (secondary N) is 2. The lowest BCUT2D eigenvalue weighted by atomic mass is 10.1. The molecule has 1 aliphatic heterocycles. The Labute approximate surface area is 106 Å². The van der Waals surface area contributed by atoms with Gasteiger partial charge in [-0.25, -0.2) is 4.39 Å². The van der Waals surface area contributed by atoms with Crippen LogP contribution in [0.4, 0.5) is 4.39 Å². The number of carbonyl (C=O) groups is 1. The molecule has 1 saturated heterocycles. The van der Waals surface area contributed by atoms with Crippen molar-refractivity contribution in [3.8, 4) is 5.75 Å². The minimum absolute atomic E-state index is 0.232. The third-order valence-corrected chi connectivity index (χ3v) is 3.08. The van der Waals surface area contributed by atoms with Crippen LogP contribution >= 0.6 is 0 Å². The lowest BCUT2D eigenvalue weighted by Gasteiger charge is -2.13. The Morgan fingerprint density at radius 2 is 2.44 bits per heavy atom. The van der Waals surface area contributed by atoms with Gasteiger partial charge < -0.3 is 15.4 Å². The molecular formula is C13H17FN2O2. The van der Waals surface area contributed by atoms with Gasteiger partial charge in [0.1, 0.15) is 11.6 Å². The maximum Gasteiger partial charge on any atom is 0.255 e. The van der Waals surface area contributed by atoms with Crippen molar-refractivity contribution in [1.82, 2.24) is 10.6 Å². The van der Waals surface area contributed by atoms with E-state index in [1.54, 1.807) is 0 Å². The van der Waals surface area contributed by atoms with Crippen molar-refractivity contribution in [2.45, 2.75) is 18.9 Å². The third-order valence-electron chi connectivity index (χ3n) is 3.08. The van der Waals surface area contributed by atoms with Crippen molar-refractivity contribution in [2.24, 2.45) is 0 Å². The van der Waals surface area contributed by atoms with Crippen LogP contribution in [0.1, 0.15) is 23.2 Å². The van der Waals surface area contributed by atoms with Crippen LogP contribution in [0.25, 0.3) is 0 Å². The Hall–Kier alpha value is -1.62. The van der Waals surface area contributed by atoms with E-state index in [0.717, 1.165) is 19.4 Å². The highest BCUT2D eigenvalue weighted by Crippen LogP contribution is 2.19. The van der Waals surface area contributed by atoms with Gasteiger partial charge in [-0.05, 0) is 37.6 Å². The fourth-order valence-electron chi connectivity index (χ4n) is 2.10. The normalized spacial score (nSPS) is 18.7. The smallest absolute Gasteiger partial charge is 0.255 e. The molecule has 98 valence electrons. The number of methoxy groups -OCH3 is 1. The molecule has 0 aliphatic carbocycles. The number of amides is 1. The Bertz CT molecular complexity index is 431. The fourth-order valence-corrected chi connectivity index (χ4v) is 2.10. The SMILES string of the molecule is COc1ccc(F)cc1C(=O)NCC1CCCN1. The first-order chi connectivity index (χ1) is 8.70. The molecule has 0 saturated carbocycles. The molecule has 18 heavy (non-hydrogen) atoms. The summed E-state index contributed by atoms with van der Waals surface area (Å²) in [6.45, 7) is 1.54. The molecule has 2 rings (SSSR count). The highest BCUT2D eigenvalue weighted by atomic mass is 19.1. The van der Waals surface area contributed by atoms with Gasteiger partial charge in [0.2, 0.25) is 0 Å². The number of halogens is 1. The molecular weight excluding hydrogens is 235 g/mol. The Morgan fingerprint density at radius 3 is 3.11 bits per heavy atom. The maximum atomic E-state index is 13.1. The van der Waals surface area contributed by atoms with Crippen molar-refractivity contribution >= 4 is 5.91 Å². The zero-order chi connectivity index (χ0) is 13.0. The van der Waals surface area contributed by atoms with E-state index in [2.05, 4.69) is 10.6 Å². The Kier molecular flexibility index (Phi) is 4.15. The summed E-state index contributed by atoms with van der Waals surface area (Å²) in [5.41, 5.74) is 0.232. The first-order valence-electron chi connectivity index (χ1n) is 6.06. The first-order valence-corrected chi connectivity index (χ1v) is 6.06. The van der Waals surface area contributed by atoms with Gasteiger partial charge >= 0.3 is 0 Å². The highest BCUT2D eigenvalue weighted by molar-refractivity contribution is 5.96. The van der Waals surface area contributed by atoms with E-state index < -0.39 is 5.82 Å². The minimum atomic E-state index is -0.444. The third kappa shape index (κ3) is 2.98. The summed E-state index contributed by atoms with van der Waals surface area (Å²) < 4.78 is 18.2. The average Bonchev–Trinajstić information content (AvgIpc) is 2.89. The Morgan fingerprint density at radius 1 is 1.61 bits per heavy atom. The van der Waals surface area contributed by atoms with Gasteiger partial charge in [-0.2, -0.15) is 0 Å². The van der Waals surface area contributed by atoms with E-state index in [1.807, 2.05) is 0 Å². The van der Waals surface area contributed by atoms with Crippen LogP contribution < -0.4 is 15.4 Å². The summed E-state index contributed by atoms with van der Waals surface area (Å²) in [6, 6.07) is 4.23. The van der Waals surface area contributed by atoms with Gasteiger partial charge in [0.05, 0.1) is 12.7 Å². The molecule has 1 aliphatic rings. The summed E-state index contributed by atoms with van der Waals surface area (Å²) in [6.07, 6.45) is 2.18. The van der Waals surface area contributed by atoms with Crippen molar-refractivity contribution in [2.75, 3.05) is 20.2 Å². The van der Waals surface area contributed by atoms with Crippen LogP contribution in [-0.2, 0) is 0 Å². The molecule has 0 bridgehead atoms. The van der Waals surface area contributed by atoms with Gasteiger partial charge in [-0.15, -0.1) is 0 Å². The topological polar surface area (TPSA) is 50.4 Å². The lowest BCUT2D eigenvalue weighted by molar-refractivity contribution is 0.0947. The number of carbonyl (C=O) groups excluding carboxylic acids is 1. The summed E-state index contributed by atoms with van der Waals surface area (Å²) >= 11 is 0. The molecule has 1 fully saturated rings. The van der Waals surface area contributed by atoms with E-state index in [4.69, 9.17) is 4.74 Å². The second kappa shape index (κ2) is 5.82. The van der Waals surface area contributed by atoms with Crippen molar-refractivity contribution in [3.05, 3.63) is 29.6 Å². The van der Waals surface area contributed by atoms with Crippen LogP contribution in [0, 0.1) is 5.82 Å². The second-order valence-electron chi connectivity index (χ2n) is 4.35. The highest BCUT2D eigenvalue weighted by Gasteiger charge is 2.17. The largest absolute Gasteiger partial charge is 0.496 e. The molecule has 0 aromatic heterocycles. The number of benzene rings is 1. The van der Waals surface area contributed by atoms with Crippen molar-refractivity contribution in [3.63, 3.8) is 0 Å². The minimum Gasteiger partial charge on any atom is -0.496 e. The predicted molar refractivity (Wildman–Crippen MR) is 66.3 cm³/mol. The predicted octanol–water partition coefficient (Wildman–Crippen LogP) is 1.32. The molecule has 1 unspecified atom stereocenters. The van der Waals surface area contributed by atoms with Gasteiger partial charge in [-0.1, -0.05) is 0 Å². The van der Waals surface area contributed by atoms with E-state index in [0.29, 0.717) is 18.3 Å². The molecule has 0 radical (unpaired) electrons. The maximum absolute atomic E-state index is 13.1. The summed E-state index contributed by atoms with van der Waals surface area (Å²) in [4.78, 5) is 11.9. The molecule has 2 N–H and O–H groups in total. The van der Waals surface area contributed by atoms with Gasteiger partial charge in [-0.3, -0.25) is 4.79 Å². The fraction of sp³-hybridized carbons (Fsp3) is 0.462. The summed E-state index contributed by atoms with van der Waals surface area (Å²) in [5, 5.41) is 6.08. The van der Waals surface area contributed by atoms with Crippen LogP contribution in [0.5, 0.6) is 5.75 Å². The quantitative estimate of drug-likeness (QED) is 0.849. The summed E-state index contributed by atoms with van der Waals surface area (Å²) in [7, 11) is 1.46. The van der Waals surface area contributed by atoms with E-state index >= 15 is 0 Å². The van der Waals surface area contributed by atoms with E-state index in [9.17, 15) is 9.18 Å². The van der Waals surface area contributed by atoms with Crippen LogP contribution in [-0.4, -0.2) is 32.1 Å². The molecule has 1 amide bonds. The standard InChI is InChI=1S/C13H17FN2O2/c1-18-12-5-4-9(14)7-11(12)13(17)16-8-10-3-2-6-15-10/h4-5,7,10,15H,2-3,6,8H2,1H3,(H,16,17). The second-order valence-corrected chi connectivity index (χ2v) is 4.35. The zero-order valence-electron chi connectivity index (χ0n) is 10.3.